The van der Waals surface area contributed by atoms with Gasteiger partial charge < -0.3 is 9.47 Å². The van der Waals surface area contributed by atoms with E-state index in [1.165, 1.54) is 6.08 Å². The number of hydrogen-bond donors (Lipinski definition) is 0. The third-order valence-corrected chi connectivity index (χ3v) is 2.11. The summed E-state index contributed by atoms with van der Waals surface area (Å²) >= 11 is 0. The maximum Gasteiger partial charge on any atom is 0.330 e. The number of hydrogen-bond acceptors (Lipinski definition) is 3. The van der Waals surface area contributed by atoms with Crippen molar-refractivity contribution < 1.29 is 14.3 Å². The van der Waals surface area contributed by atoms with E-state index in [1.807, 2.05) is 13.0 Å². The zero-order valence-electron chi connectivity index (χ0n) is 9.45. The Morgan fingerprint density at radius 2 is 2.07 bits per heavy atom. The summed E-state index contributed by atoms with van der Waals surface area (Å²) in [6.45, 7) is 6.29. The Hall–Kier alpha value is -0.830. The van der Waals surface area contributed by atoms with E-state index in [4.69, 9.17) is 9.47 Å². The first-order valence-corrected chi connectivity index (χ1v) is 5.03. The lowest BCUT2D eigenvalue weighted by Gasteiger charge is -2.17. The molecule has 3 nitrogen and oxygen atoms in total. The van der Waals surface area contributed by atoms with Crippen LogP contribution in [0.2, 0.25) is 0 Å². The Labute approximate surface area is 86.1 Å². The fourth-order valence-corrected chi connectivity index (χ4v) is 1.30. The molecule has 0 aromatic heterocycles. The van der Waals surface area contributed by atoms with Gasteiger partial charge >= 0.3 is 5.97 Å². The van der Waals surface area contributed by atoms with E-state index >= 15 is 0 Å². The van der Waals surface area contributed by atoms with Crippen molar-refractivity contribution in [3.63, 3.8) is 0 Å². The maximum atomic E-state index is 11.0. The van der Waals surface area contributed by atoms with Crippen LogP contribution >= 0.6 is 0 Å². The molecule has 0 bridgehead atoms. The minimum absolute atomic E-state index is 0.167. The van der Waals surface area contributed by atoms with E-state index < -0.39 is 0 Å². The molecule has 0 aromatic carbocycles. The molecule has 0 aromatic rings. The predicted octanol–water partition coefficient (Wildman–Crippen LogP) is 2.17. The van der Waals surface area contributed by atoms with E-state index in [0.717, 1.165) is 6.42 Å². The van der Waals surface area contributed by atoms with Crippen molar-refractivity contribution in [1.82, 2.24) is 0 Å². The van der Waals surface area contributed by atoms with Crippen molar-refractivity contribution in [1.29, 1.82) is 0 Å². The van der Waals surface area contributed by atoms with E-state index in [-0.39, 0.29) is 18.0 Å². The van der Waals surface area contributed by atoms with Crippen molar-refractivity contribution in [3.05, 3.63) is 12.2 Å². The lowest BCUT2D eigenvalue weighted by atomic mass is 10.0. The van der Waals surface area contributed by atoms with Gasteiger partial charge in [-0.25, -0.2) is 4.79 Å². The van der Waals surface area contributed by atoms with Crippen LogP contribution in [0.5, 0.6) is 0 Å². The van der Waals surface area contributed by atoms with Crippen LogP contribution in [-0.4, -0.2) is 25.8 Å². The average molecular weight is 200 g/mol. The summed E-state index contributed by atoms with van der Waals surface area (Å²) in [7, 11) is 1.68. The van der Waals surface area contributed by atoms with Crippen LogP contribution in [0, 0.1) is 5.92 Å². The van der Waals surface area contributed by atoms with Gasteiger partial charge in [-0.1, -0.05) is 19.9 Å². The summed E-state index contributed by atoms with van der Waals surface area (Å²) in [6.07, 6.45) is 4.40. The third-order valence-electron chi connectivity index (χ3n) is 2.11. The second-order valence-electron chi connectivity index (χ2n) is 3.15. The second kappa shape index (κ2) is 7.56. The quantitative estimate of drug-likeness (QED) is 0.487. The molecule has 0 heterocycles. The molecule has 0 saturated carbocycles. The maximum absolute atomic E-state index is 11.0. The third kappa shape index (κ3) is 5.02. The van der Waals surface area contributed by atoms with Crippen LogP contribution in [0.25, 0.3) is 0 Å². The van der Waals surface area contributed by atoms with Gasteiger partial charge in [-0.15, -0.1) is 0 Å². The summed E-state index contributed by atoms with van der Waals surface area (Å²) in [5.74, 6) is -0.0558. The van der Waals surface area contributed by atoms with Crippen LogP contribution in [0.3, 0.4) is 0 Å². The number of methoxy groups -OCH3 is 1. The van der Waals surface area contributed by atoms with Crippen LogP contribution in [0.1, 0.15) is 27.2 Å². The number of esters is 1. The van der Waals surface area contributed by atoms with Crippen molar-refractivity contribution in [3.8, 4) is 0 Å². The molecule has 0 radical (unpaired) electrons. The molecule has 82 valence electrons. The molecule has 2 atom stereocenters. The first-order chi connectivity index (χ1) is 6.65. The number of carbonyl (C=O) groups is 1. The lowest BCUT2D eigenvalue weighted by Crippen LogP contribution is -2.17. The Morgan fingerprint density at radius 3 is 2.50 bits per heavy atom. The molecule has 0 rings (SSSR count). The molecule has 0 amide bonds. The van der Waals surface area contributed by atoms with Gasteiger partial charge in [-0.05, 0) is 13.3 Å². The zero-order chi connectivity index (χ0) is 11.0. The zero-order valence-corrected chi connectivity index (χ0v) is 9.45. The second-order valence-corrected chi connectivity index (χ2v) is 3.15. The first kappa shape index (κ1) is 13.2. The van der Waals surface area contributed by atoms with E-state index in [9.17, 15) is 4.79 Å². The summed E-state index contributed by atoms with van der Waals surface area (Å²) in [6, 6.07) is 0. The van der Waals surface area contributed by atoms with Gasteiger partial charge in [0.1, 0.15) is 0 Å². The van der Waals surface area contributed by atoms with Crippen LogP contribution in [-0.2, 0) is 14.3 Å². The molecule has 14 heavy (non-hydrogen) atoms. The highest BCUT2D eigenvalue weighted by Crippen LogP contribution is 2.11. The molecule has 0 N–H and O–H groups in total. The van der Waals surface area contributed by atoms with Gasteiger partial charge in [-0.3, -0.25) is 0 Å². The van der Waals surface area contributed by atoms with Crippen LogP contribution in [0.4, 0.5) is 0 Å². The molecule has 3 heteroatoms. The molecule has 0 aliphatic carbocycles. The summed E-state index contributed by atoms with van der Waals surface area (Å²) in [4.78, 5) is 11.0. The summed E-state index contributed by atoms with van der Waals surface area (Å²) < 4.78 is 10.0. The van der Waals surface area contributed by atoms with Gasteiger partial charge in [0.2, 0.25) is 0 Å². The molecule has 0 aliphatic heterocycles. The Balaban J connectivity index is 4.02. The highest BCUT2D eigenvalue weighted by atomic mass is 16.5. The highest BCUT2D eigenvalue weighted by molar-refractivity contribution is 5.81. The number of rotatable bonds is 6. The van der Waals surface area contributed by atoms with Gasteiger partial charge in [0.25, 0.3) is 0 Å². The SMILES string of the molecule is CCOC(=O)/C=C/[C@@H](C)[C@@H](CC)OC. The predicted molar refractivity (Wildman–Crippen MR) is 56.0 cm³/mol. The van der Waals surface area contributed by atoms with Gasteiger partial charge in [0, 0.05) is 19.1 Å². The first-order valence-electron chi connectivity index (χ1n) is 5.03. The van der Waals surface area contributed by atoms with Crippen LogP contribution < -0.4 is 0 Å². The topological polar surface area (TPSA) is 35.5 Å². The van der Waals surface area contributed by atoms with E-state index in [1.54, 1.807) is 14.0 Å². The molecule has 0 saturated heterocycles. The smallest absolute Gasteiger partial charge is 0.330 e. The van der Waals surface area contributed by atoms with E-state index in [0.29, 0.717) is 6.61 Å². The Bertz CT molecular complexity index is 183. The number of carbonyl (C=O) groups excluding carboxylic acids is 1. The summed E-state index contributed by atoms with van der Waals surface area (Å²) in [5.41, 5.74) is 0. The normalized spacial score (nSPS) is 15.4. The average Bonchev–Trinajstić information content (AvgIpc) is 2.17. The monoisotopic (exact) mass is 200 g/mol. The largest absolute Gasteiger partial charge is 0.463 e. The van der Waals surface area contributed by atoms with Crippen molar-refractivity contribution >= 4 is 5.97 Å². The minimum Gasteiger partial charge on any atom is -0.463 e. The van der Waals surface area contributed by atoms with Gasteiger partial charge in [-0.2, -0.15) is 0 Å². The lowest BCUT2D eigenvalue weighted by molar-refractivity contribution is -0.137. The van der Waals surface area contributed by atoms with Gasteiger partial charge in [0.15, 0.2) is 0 Å². The standard InChI is InChI=1S/C11H20O3/c1-5-10(13-4)9(3)7-8-11(12)14-6-2/h7-10H,5-6H2,1-4H3/b8-7+/t9-,10-/m1/s1. The summed E-state index contributed by atoms with van der Waals surface area (Å²) in [5, 5.41) is 0. The van der Waals surface area contributed by atoms with E-state index in [2.05, 4.69) is 6.92 Å². The number of ether oxygens (including phenoxy) is 2. The van der Waals surface area contributed by atoms with Crippen molar-refractivity contribution in [2.45, 2.75) is 33.3 Å². The molecule has 0 aliphatic rings. The Morgan fingerprint density at radius 1 is 1.43 bits per heavy atom. The van der Waals surface area contributed by atoms with Crippen molar-refractivity contribution in [2.24, 2.45) is 5.92 Å². The van der Waals surface area contributed by atoms with Crippen LogP contribution in [0.15, 0.2) is 12.2 Å². The Kier molecular flexibility index (Phi) is 7.11. The molecule has 0 fully saturated rings. The minimum atomic E-state index is -0.287. The highest BCUT2D eigenvalue weighted by Gasteiger charge is 2.11. The van der Waals surface area contributed by atoms with Crippen molar-refractivity contribution in [2.75, 3.05) is 13.7 Å². The molecular formula is C11H20O3. The molecular weight excluding hydrogens is 180 g/mol. The molecule has 0 unspecified atom stereocenters. The molecule has 0 spiro atoms. The fraction of sp³-hybridized carbons (Fsp3) is 0.727. The van der Waals surface area contributed by atoms with Gasteiger partial charge in [0.05, 0.1) is 12.7 Å². The fourth-order valence-electron chi connectivity index (χ4n) is 1.30.